The van der Waals surface area contributed by atoms with Gasteiger partial charge in [-0.05, 0) is 32.4 Å². The molecule has 0 aromatic heterocycles. The van der Waals surface area contributed by atoms with E-state index in [0.717, 1.165) is 0 Å². The summed E-state index contributed by atoms with van der Waals surface area (Å²) in [5.41, 5.74) is 6.40. The van der Waals surface area contributed by atoms with Crippen molar-refractivity contribution in [1.29, 1.82) is 0 Å². The fraction of sp³-hybridized carbons (Fsp3) is 0.562. The van der Waals surface area contributed by atoms with Crippen LogP contribution in [0.2, 0.25) is 0 Å². The molecule has 9 heteroatoms. The minimum absolute atomic E-state index is 0.0414. The lowest BCUT2D eigenvalue weighted by atomic mass is 10.2. The van der Waals surface area contributed by atoms with E-state index in [4.69, 9.17) is 15.2 Å². The standard InChI is InChI=1S/C16H24F3N3O3/c1-3-24-12-6-7-14(25-4-2)13(10-12)22-15(20)21-8-5-9-23-11-16(17,18)19/h6-7,10H,3-5,8-9,11H2,1-2H3,(H3,20,21,22). The van der Waals surface area contributed by atoms with Crippen molar-refractivity contribution in [1.82, 2.24) is 0 Å². The topological polar surface area (TPSA) is 78.1 Å². The molecular weight excluding hydrogens is 339 g/mol. The number of halogens is 3. The number of rotatable bonds is 10. The average Bonchev–Trinajstić information content (AvgIpc) is 2.52. The summed E-state index contributed by atoms with van der Waals surface area (Å²) >= 11 is 0. The first-order valence-electron chi connectivity index (χ1n) is 7.96. The number of ether oxygens (including phenoxy) is 3. The van der Waals surface area contributed by atoms with Crippen LogP contribution in [-0.4, -0.2) is 45.1 Å². The molecule has 25 heavy (non-hydrogen) atoms. The van der Waals surface area contributed by atoms with E-state index < -0.39 is 12.8 Å². The van der Waals surface area contributed by atoms with E-state index in [-0.39, 0.29) is 19.1 Å². The molecule has 0 atom stereocenters. The first-order chi connectivity index (χ1) is 11.9. The van der Waals surface area contributed by atoms with Gasteiger partial charge in [-0.2, -0.15) is 13.2 Å². The highest BCUT2D eigenvalue weighted by molar-refractivity contribution is 5.94. The Kier molecular flexibility index (Phi) is 8.90. The summed E-state index contributed by atoms with van der Waals surface area (Å²) in [4.78, 5) is 4.06. The number of alkyl halides is 3. The van der Waals surface area contributed by atoms with Gasteiger partial charge in [0.1, 0.15) is 18.1 Å². The van der Waals surface area contributed by atoms with Crippen LogP contribution in [0.5, 0.6) is 11.5 Å². The smallest absolute Gasteiger partial charge is 0.411 e. The molecule has 0 aliphatic rings. The van der Waals surface area contributed by atoms with Gasteiger partial charge in [-0.15, -0.1) is 0 Å². The fourth-order valence-electron chi connectivity index (χ4n) is 1.88. The van der Waals surface area contributed by atoms with Crippen LogP contribution in [0.15, 0.2) is 23.2 Å². The Bertz CT molecular complexity index is 551. The van der Waals surface area contributed by atoms with Crippen molar-refractivity contribution in [3.63, 3.8) is 0 Å². The summed E-state index contributed by atoms with van der Waals surface area (Å²) in [5.74, 6) is 1.38. The highest BCUT2D eigenvalue weighted by Crippen LogP contribution is 2.29. The maximum Gasteiger partial charge on any atom is 0.411 e. The van der Waals surface area contributed by atoms with E-state index in [1.807, 2.05) is 13.8 Å². The molecule has 0 fully saturated rings. The Hall–Kier alpha value is -2.16. The molecule has 0 aliphatic heterocycles. The van der Waals surface area contributed by atoms with E-state index in [0.29, 0.717) is 36.8 Å². The van der Waals surface area contributed by atoms with Crippen molar-refractivity contribution in [3.05, 3.63) is 18.2 Å². The van der Waals surface area contributed by atoms with Gasteiger partial charge in [0.05, 0.1) is 18.9 Å². The number of guanidine groups is 1. The molecule has 0 bridgehead atoms. The van der Waals surface area contributed by atoms with Crippen LogP contribution >= 0.6 is 0 Å². The van der Waals surface area contributed by atoms with Crippen LogP contribution in [0.3, 0.4) is 0 Å². The van der Waals surface area contributed by atoms with E-state index in [9.17, 15) is 13.2 Å². The van der Waals surface area contributed by atoms with Gasteiger partial charge in [0.15, 0.2) is 5.96 Å². The minimum Gasteiger partial charge on any atom is -0.494 e. The molecule has 1 rings (SSSR count). The fourth-order valence-corrected chi connectivity index (χ4v) is 1.88. The third-order valence-corrected chi connectivity index (χ3v) is 2.82. The summed E-state index contributed by atoms with van der Waals surface area (Å²) in [7, 11) is 0. The third-order valence-electron chi connectivity index (χ3n) is 2.82. The summed E-state index contributed by atoms with van der Waals surface area (Å²) in [6.07, 6.45) is -3.99. The van der Waals surface area contributed by atoms with Crippen LogP contribution in [0, 0.1) is 0 Å². The SMILES string of the molecule is CCOc1ccc(OCC)c(NC(N)=NCCCOCC(F)(F)F)c1. The summed E-state index contributed by atoms with van der Waals surface area (Å²) < 4.78 is 51.2. The van der Waals surface area contributed by atoms with Gasteiger partial charge in [0, 0.05) is 19.2 Å². The van der Waals surface area contributed by atoms with Gasteiger partial charge in [-0.3, -0.25) is 4.99 Å². The summed E-state index contributed by atoms with van der Waals surface area (Å²) in [6.45, 7) is 3.68. The zero-order valence-electron chi connectivity index (χ0n) is 14.4. The number of nitrogens with two attached hydrogens (primary N) is 1. The molecule has 0 amide bonds. The Labute approximate surface area is 145 Å². The molecule has 6 nitrogen and oxygen atoms in total. The van der Waals surface area contributed by atoms with Gasteiger partial charge in [-0.25, -0.2) is 0 Å². The van der Waals surface area contributed by atoms with E-state index in [1.165, 1.54) is 0 Å². The van der Waals surface area contributed by atoms with Crippen LogP contribution in [-0.2, 0) is 4.74 Å². The first kappa shape index (κ1) is 20.9. The predicted octanol–water partition coefficient (Wildman–Crippen LogP) is 3.18. The molecule has 142 valence electrons. The molecule has 3 N–H and O–H groups in total. The summed E-state index contributed by atoms with van der Waals surface area (Å²) in [6, 6.07) is 5.28. The molecule has 0 heterocycles. The molecule has 0 spiro atoms. The quantitative estimate of drug-likeness (QED) is 0.379. The lowest BCUT2D eigenvalue weighted by Gasteiger charge is -2.14. The number of nitrogens with one attached hydrogen (secondary N) is 1. The lowest BCUT2D eigenvalue weighted by molar-refractivity contribution is -0.173. The van der Waals surface area contributed by atoms with Crippen LogP contribution < -0.4 is 20.5 Å². The van der Waals surface area contributed by atoms with Crippen molar-refractivity contribution in [2.75, 3.05) is 38.3 Å². The minimum atomic E-state index is -4.31. The summed E-state index contributed by atoms with van der Waals surface area (Å²) in [5, 5.41) is 2.91. The largest absolute Gasteiger partial charge is 0.494 e. The number of nitrogens with zero attached hydrogens (tertiary/aromatic N) is 1. The van der Waals surface area contributed by atoms with Gasteiger partial charge in [-0.1, -0.05) is 0 Å². The maximum absolute atomic E-state index is 11.9. The second-order valence-electron chi connectivity index (χ2n) is 4.94. The van der Waals surface area contributed by atoms with Crippen LogP contribution in [0.4, 0.5) is 18.9 Å². The Morgan fingerprint density at radius 2 is 1.92 bits per heavy atom. The van der Waals surface area contributed by atoms with Crippen molar-refractivity contribution in [2.24, 2.45) is 10.7 Å². The molecule has 0 saturated carbocycles. The zero-order chi connectivity index (χ0) is 18.7. The van der Waals surface area contributed by atoms with Crippen molar-refractivity contribution >= 4 is 11.6 Å². The highest BCUT2D eigenvalue weighted by atomic mass is 19.4. The number of hydrogen-bond acceptors (Lipinski definition) is 4. The number of aliphatic imine (C=N–C) groups is 1. The van der Waals surface area contributed by atoms with Gasteiger partial charge < -0.3 is 25.3 Å². The van der Waals surface area contributed by atoms with Crippen molar-refractivity contribution in [2.45, 2.75) is 26.4 Å². The molecule has 0 radical (unpaired) electrons. The monoisotopic (exact) mass is 363 g/mol. The average molecular weight is 363 g/mol. The van der Waals surface area contributed by atoms with E-state index >= 15 is 0 Å². The molecular formula is C16H24F3N3O3. The van der Waals surface area contributed by atoms with Gasteiger partial charge in [0.2, 0.25) is 0 Å². The molecule has 1 aromatic carbocycles. The molecule has 0 unspecified atom stereocenters. The Morgan fingerprint density at radius 3 is 2.56 bits per heavy atom. The molecule has 0 aliphatic carbocycles. The Balaban J connectivity index is 2.53. The third kappa shape index (κ3) is 9.04. The number of hydrogen-bond donors (Lipinski definition) is 2. The second-order valence-corrected chi connectivity index (χ2v) is 4.94. The van der Waals surface area contributed by atoms with Crippen molar-refractivity contribution in [3.8, 4) is 11.5 Å². The lowest BCUT2D eigenvalue weighted by Crippen LogP contribution is -2.23. The maximum atomic E-state index is 11.9. The number of anilines is 1. The second kappa shape index (κ2) is 10.7. The van der Waals surface area contributed by atoms with E-state index in [2.05, 4.69) is 15.0 Å². The van der Waals surface area contributed by atoms with Gasteiger partial charge in [0.25, 0.3) is 0 Å². The predicted molar refractivity (Wildman–Crippen MR) is 90.4 cm³/mol. The first-order valence-corrected chi connectivity index (χ1v) is 7.96. The van der Waals surface area contributed by atoms with Gasteiger partial charge >= 0.3 is 6.18 Å². The van der Waals surface area contributed by atoms with Crippen LogP contribution in [0.1, 0.15) is 20.3 Å². The molecule has 0 saturated heterocycles. The Morgan fingerprint density at radius 1 is 1.20 bits per heavy atom. The molecule has 1 aromatic rings. The highest BCUT2D eigenvalue weighted by Gasteiger charge is 2.27. The normalized spacial score (nSPS) is 12.1. The van der Waals surface area contributed by atoms with Crippen molar-refractivity contribution < 1.29 is 27.4 Å². The van der Waals surface area contributed by atoms with Crippen LogP contribution in [0.25, 0.3) is 0 Å². The van der Waals surface area contributed by atoms with E-state index in [1.54, 1.807) is 18.2 Å². The zero-order valence-corrected chi connectivity index (χ0v) is 14.4. The number of benzene rings is 1.